The second-order valence-corrected chi connectivity index (χ2v) is 8.26. The van der Waals surface area contributed by atoms with Crippen LogP contribution in [0.15, 0.2) is 72.6 Å². The highest BCUT2D eigenvalue weighted by Gasteiger charge is 2.47. The van der Waals surface area contributed by atoms with Crippen LogP contribution in [-0.2, 0) is 22.6 Å². The van der Waals surface area contributed by atoms with Crippen LogP contribution in [0.25, 0.3) is 5.76 Å². The molecule has 3 aromatic rings. The molecule has 1 N–H and O–H groups in total. The van der Waals surface area contributed by atoms with Crippen LogP contribution in [0.1, 0.15) is 35.2 Å². The second kappa shape index (κ2) is 8.16. The first-order chi connectivity index (χ1) is 15.9. The van der Waals surface area contributed by atoms with Gasteiger partial charge in [0.2, 0.25) is 0 Å². The second-order valence-electron chi connectivity index (χ2n) is 8.26. The average molecular weight is 444 g/mol. The van der Waals surface area contributed by atoms with Crippen LogP contribution >= 0.6 is 0 Å². The minimum atomic E-state index is -1.07. The Morgan fingerprint density at radius 2 is 2.00 bits per heavy atom. The van der Waals surface area contributed by atoms with Crippen molar-refractivity contribution < 1.29 is 23.8 Å². The van der Waals surface area contributed by atoms with Crippen LogP contribution < -0.4 is 4.74 Å². The fraction of sp³-hybridized carbons (Fsp3) is 0.192. The van der Waals surface area contributed by atoms with Crippen molar-refractivity contribution in [3.05, 3.63) is 101 Å². The molecule has 0 radical (unpaired) electrons. The lowest BCUT2D eigenvalue weighted by atomic mass is 9.94. The first kappa shape index (κ1) is 20.9. The largest absolute Gasteiger partial charge is 0.507 e. The van der Waals surface area contributed by atoms with Crippen molar-refractivity contribution in [2.75, 3.05) is 0 Å². The molecule has 7 heteroatoms. The van der Waals surface area contributed by atoms with Gasteiger partial charge in [-0.2, -0.15) is 0 Å². The number of hydrogen-bond donors (Lipinski definition) is 1. The van der Waals surface area contributed by atoms with E-state index in [2.05, 4.69) is 4.98 Å². The summed E-state index contributed by atoms with van der Waals surface area (Å²) in [5, 5.41) is 11.2. The van der Waals surface area contributed by atoms with Gasteiger partial charge in [-0.15, -0.1) is 0 Å². The number of fused-ring (bicyclic) bond motifs is 1. The van der Waals surface area contributed by atoms with Crippen LogP contribution in [0.3, 0.4) is 0 Å². The summed E-state index contributed by atoms with van der Waals surface area (Å²) in [4.78, 5) is 31.5. The lowest BCUT2D eigenvalue weighted by Gasteiger charge is -2.25. The zero-order valence-corrected chi connectivity index (χ0v) is 17.9. The van der Waals surface area contributed by atoms with Crippen molar-refractivity contribution in [2.45, 2.75) is 32.0 Å². The minimum Gasteiger partial charge on any atom is -0.507 e. The number of pyridine rings is 1. The van der Waals surface area contributed by atoms with Gasteiger partial charge in [0.15, 0.2) is 0 Å². The molecule has 166 valence electrons. The Hall–Kier alpha value is -4.00. The van der Waals surface area contributed by atoms with Gasteiger partial charge in [0, 0.05) is 36.5 Å². The van der Waals surface area contributed by atoms with E-state index in [1.807, 2.05) is 6.92 Å². The monoisotopic (exact) mass is 444 g/mol. The molecule has 2 aliphatic heterocycles. The number of aliphatic hydroxyl groups excluding tert-OH is 1. The molecule has 0 unspecified atom stereocenters. The van der Waals surface area contributed by atoms with E-state index in [4.69, 9.17) is 4.74 Å². The molecule has 0 aliphatic carbocycles. The van der Waals surface area contributed by atoms with E-state index in [0.29, 0.717) is 17.5 Å². The maximum atomic E-state index is 14.9. The maximum Gasteiger partial charge on any atom is 0.295 e. The number of ether oxygens (including phenoxy) is 1. The summed E-state index contributed by atoms with van der Waals surface area (Å²) in [7, 11) is 0. The summed E-state index contributed by atoms with van der Waals surface area (Å²) in [5.41, 5.74) is 1.97. The lowest BCUT2D eigenvalue weighted by molar-refractivity contribution is -0.140. The van der Waals surface area contributed by atoms with E-state index in [1.54, 1.807) is 48.8 Å². The van der Waals surface area contributed by atoms with Gasteiger partial charge in [0.25, 0.3) is 11.7 Å². The van der Waals surface area contributed by atoms with E-state index in [-0.39, 0.29) is 29.5 Å². The van der Waals surface area contributed by atoms with Crippen molar-refractivity contribution in [1.29, 1.82) is 0 Å². The summed E-state index contributed by atoms with van der Waals surface area (Å²) < 4.78 is 20.6. The molecular formula is C26H21FN2O4. The highest BCUT2D eigenvalue weighted by atomic mass is 19.1. The van der Waals surface area contributed by atoms with Crippen molar-refractivity contribution >= 4 is 17.4 Å². The van der Waals surface area contributed by atoms with Crippen LogP contribution in [0.4, 0.5) is 4.39 Å². The predicted molar refractivity (Wildman–Crippen MR) is 119 cm³/mol. The van der Waals surface area contributed by atoms with Crippen molar-refractivity contribution in [1.82, 2.24) is 9.88 Å². The molecular weight excluding hydrogens is 423 g/mol. The number of aromatic nitrogens is 1. The van der Waals surface area contributed by atoms with Gasteiger partial charge in [0.05, 0.1) is 11.6 Å². The van der Waals surface area contributed by atoms with E-state index < -0.39 is 23.5 Å². The molecule has 2 aromatic carbocycles. The minimum absolute atomic E-state index is 0.0147. The van der Waals surface area contributed by atoms with Gasteiger partial charge < -0.3 is 14.7 Å². The number of benzene rings is 2. The highest BCUT2D eigenvalue weighted by molar-refractivity contribution is 6.46. The average Bonchev–Trinajstić information content (AvgIpc) is 3.31. The van der Waals surface area contributed by atoms with Gasteiger partial charge in [-0.3, -0.25) is 14.6 Å². The number of amides is 1. The van der Waals surface area contributed by atoms with Crippen LogP contribution in [0, 0.1) is 5.82 Å². The number of rotatable bonds is 4. The fourth-order valence-corrected chi connectivity index (χ4v) is 4.48. The van der Waals surface area contributed by atoms with Gasteiger partial charge in [0.1, 0.15) is 23.4 Å². The molecule has 0 bridgehead atoms. The fourth-order valence-electron chi connectivity index (χ4n) is 4.48. The number of halogens is 1. The number of aliphatic hydroxyl groups is 1. The zero-order chi connectivity index (χ0) is 23.1. The Bertz CT molecular complexity index is 1290. The number of hydrogen-bond acceptors (Lipinski definition) is 5. The molecule has 1 saturated heterocycles. The Kier molecular flexibility index (Phi) is 5.17. The molecule has 0 spiro atoms. The highest BCUT2D eigenvalue weighted by Crippen LogP contribution is 2.42. The number of likely N-dealkylation sites (tertiary alicyclic amines) is 1. The summed E-state index contributed by atoms with van der Waals surface area (Å²) >= 11 is 0. The smallest absolute Gasteiger partial charge is 0.295 e. The van der Waals surface area contributed by atoms with E-state index >= 15 is 0 Å². The predicted octanol–water partition coefficient (Wildman–Crippen LogP) is 4.17. The number of Topliss-reactive ketones (excluding diaryl/α,β-unsaturated/α-hetero) is 1. The Balaban J connectivity index is 1.65. The summed E-state index contributed by atoms with van der Waals surface area (Å²) in [5.74, 6) is -1.83. The third-order valence-electron chi connectivity index (χ3n) is 5.98. The number of carbonyl (C=O) groups excluding carboxylic acids is 2. The molecule has 6 nitrogen and oxygen atoms in total. The molecule has 3 heterocycles. The van der Waals surface area contributed by atoms with Crippen molar-refractivity contribution in [2.24, 2.45) is 0 Å². The normalized spacial score (nSPS) is 21.2. The van der Waals surface area contributed by atoms with Crippen molar-refractivity contribution in [3.8, 4) is 5.75 Å². The number of ketones is 1. The SMILES string of the molecule is C[C@H]1Cc2cc(/C(O)=C3\C(=O)C(=O)N(Cc4cccnc4)[C@H]3c3ccccc3F)ccc2O1. The molecule has 1 fully saturated rings. The summed E-state index contributed by atoms with van der Waals surface area (Å²) in [6, 6.07) is 13.5. The summed E-state index contributed by atoms with van der Waals surface area (Å²) in [6.07, 6.45) is 3.87. The number of carbonyl (C=O) groups is 2. The maximum absolute atomic E-state index is 14.9. The van der Waals surface area contributed by atoms with Crippen molar-refractivity contribution in [3.63, 3.8) is 0 Å². The Labute approximate surface area is 190 Å². The van der Waals surface area contributed by atoms with Gasteiger partial charge in [-0.25, -0.2) is 4.39 Å². The van der Waals surface area contributed by atoms with Crippen LogP contribution in [0.5, 0.6) is 5.75 Å². The molecule has 2 aliphatic rings. The third kappa shape index (κ3) is 3.65. The quantitative estimate of drug-likeness (QED) is 0.371. The molecule has 33 heavy (non-hydrogen) atoms. The van der Waals surface area contributed by atoms with E-state index in [1.165, 1.54) is 23.1 Å². The summed E-state index contributed by atoms with van der Waals surface area (Å²) in [6.45, 7) is 1.99. The van der Waals surface area contributed by atoms with Gasteiger partial charge in [-0.05, 0) is 48.4 Å². The third-order valence-corrected chi connectivity index (χ3v) is 5.98. The van der Waals surface area contributed by atoms with Gasteiger partial charge in [-0.1, -0.05) is 24.3 Å². The number of nitrogens with zero attached hydrogens (tertiary/aromatic N) is 2. The van der Waals surface area contributed by atoms with E-state index in [9.17, 15) is 19.1 Å². The van der Waals surface area contributed by atoms with Crippen LogP contribution in [0.2, 0.25) is 0 Å². The molecule has 1 aromatic heterocycles. The Morgan fingerprint density at radius 3 is 2.76 bits per heavy atom. The molecule has 0 saturated carbocycles. The van der Waals surface area contributed by atoms with Crippen LogP contribution in [-0.4, -0.2) is 32.8 Å². The first-order valence-corrected chi connectivity index (χ1v) is 10.7. The molecule has 5 rings (SSSR count). The van der Waals surface area contributed by atoms with E-state index in [0.717, 1.165) is 11.3 Å². The topological polar surface area (TPSA) is 79.7 Å². The first-order valence-electron chi connectivity index (χ1n) is 10.7. The standard InChI is InChI=1S/C26H21FN2O4/c1-15-11-18-12-17(8-9-21(18)33-15)24(30)22-23(19-6-2-3-7-20(19)27)29(26(32)25(22)31)14-16-5-4-10-28-13-16/h2-10,12-13,15,23,30H,11,14H2,1H3/b24-22+/t15-,23-/m0/s1. The Morgan fingerprint density at radius 1 is 1.18 bits per heavy atom. The molecule has 2 atom stereocenters. The lowest BCUT2D eigenvalue weighted by Crippen LogP contribution is -2.29. The zero-order valence-electron chi connectivity index (χ0n) is 17.9. The van der Waals surface area contributed by atoms with Gasteiger partial charge >= 0.3 is 0 Å². The molecule has 1 amide bonds.